The van der Waals surface area contributed by atoms with Gasteiger partial charge in [0.2, 0.25) is 0 Å². The third-order valence-corrected chi connectivity index (χ3v) is 8.08. The van der Waals surface area contributed by atoms with Gasteiger partial charge in [-0.25, -0.2) is 0 Å². The Hall–Kier alpha value is -2.15. The van der Waals surface area contributed by atoms with Crippen LogP contribution >= 0.6 is 23.4 Å². The maximum Gasteiger partial charge on any atom is 0.309 e. The second-order valence-corrected chi connectivity index (χ2v) is 13.6. The summed E-state index contributed by atoms with van der Waals surface area (Å²) in [6.07, 6.45) is 2.75. The minimum Gasteiger partial charge on any atom is -0.492 e. The van der Waals surface area contributed by atoms with E-state index in [1.54, 1.807) is 25.6 Å². The third kappa shape index (κ3) is 6.39. The fourth-order valence-electron chi connectivity index (χ4n) is 4.58. The maximum absolute atomic E-state index is 12.2. The summed E-state index contributed by atoms with van der Waals surface area (Å²) in [6, 6.07) is 14.5. The number of carboxylic acid groups (broad SMARTS) is 1. The van der Waals surface area contributed by atoms with Crippen LogP contribution in [0, 0.1) is 5.41 Å². The number of thioether (sulfide) groups is 1. The molecule has 0 radical (unpaired) electrons. The summed E-state index contributed by atoms with van der Waals surface area (Å²) in [5.41, 5.74) is 2.33. The normalized spacial score (nSPS) is 16.6. The minimum atomic E-state index is -0.910. The first-order chi connectivity index (χ1) is 16.9. The molecule has 1 aromatic heterocycles. The van der Waals surface area contributed by atoms with Crippen LogP contribution in [0.2, 0.25) is 5.02 Å². The van der Waals surface area contributed by atoms with Crippen molar-refractivity contribution in [1.82, 2.24) is 9.88 Å². The van der Waals surface area contributed by atoms with Crippen LogP contribution in [-0.2, 0) is 17.8 Å². The quantitative estimate of drug-likeness (QED) is 0.292. The number of benzene rings is 2. The summed E-state index contributed by atoms with van der Waals surface area (Å²) in [7, 11) is 0. The molecule has 5 nitrogen and oxygen atoms in total. The number of carboxylic acids is 1. The number of nitrogens with one attached hydrogen (secondary N) is 1. The van der Waals surface area contributed by atoms with Gasteiger partial charge in [-0.15, -0.1) is 11.8 Å². The number of fused-ring (bicyclic) bond motifs is 1. The van der Waals surface area contributed by atoms with E-state index in [2.05, 4.69) is 42.8 Å². The average Bonchev–Trinajstić information content (AvgIpc) is 3.41. The Morgan fingerprint density at radius 2 is 1.89 bits per heavy atom. The molecule has 1 aliphatic rings. The van der Waals surface area contributed by atoms with Crippen LogP contribution in [0.3, 0.4) is 0 Å². The lowest BCUT2D eigenvalue weighted by Crippen LogP contribution is -2.28. The Morgan fingerprint density at radius 3 is 2.50 bits per heavy atom. The van der Waals surface area contributed by atoms with Crippen molar-refractivity contribution in [2.24, 2.45) is 5.41 Å². The molecular formula is C29H37ClN2O3S. The number of nitrogens with zero attached hydrogens (tertiary/aromatic N) is 1. The van der Waals surface area contributed by atoms with Gasteiger partial charge < -0.3 is 19.7 Å². The van der Waals surface area contributed by atoms with Crippen molar-refractivity contribution < 1.29 is 14.6 Å². The minimum absolute atomic E-state index is 0.0495. The number of ether oxygens (including phenoxy) is 1. The number of aromatic nitrogens is 1. The van der Waals surface area contributed by atoms with E-state index in [4.69, 9.17) is 16.3 Å². The molecule has 3 aromatic rings. The monoisotopic (exact) mass is 528 g/mol. The summed E-state index contributed by atoms with van der Waals surface area (Å²) in [6.45, 7) is 12.5. The number of hydrogen-bond donors (Lipinski definition) is 2. The molecule has 2 aromatic carbocycles. The largest absolute Gasteiger partial charge is 0.492 e. The summed E-state index contributed by atoms with van der Waals surface area (Å²) in [4.78, 5) is 13.3. The summed E-state index contributed by atoms with van der Waals surface area (Å²) >= 11 is 7.93. The van der Waals surface area contributed by atoms with E-state index in [1.165, 1.54) is 6.42 Å². The third-order valence-electron chi connectivity index (χ3n) is 6.56. The summed E-state index contributed by atoms with van der Waals surface area (Å²) < 4.78 is 8.44. The summed E-state index contributed by atoms with van der Waals surface area (Å²) in [5.74, 6) is 0.0465. The van der Waals surface area contributed by atoms with E-state index in [1.807, 2.05) is 30.3 Å². The predicted molar refractivity (Wildman–Crippen MR) is 150 cm³/mol. The first-order valence-electron chi connectivity index (χ1n) is 12.6. The van der Waals surface area contributed by atoms with E-state index >= 15 is 0 Å². The Labute approximate surface area is 223 Å². The van der Waals surface area contributed by atoms with Crippen LogP contribution in [0.5, 0.6) is 5.75 Å². The van der Waals surface area contributed by atoms with Gasteiger partial charge in [-0.05, 0) is 69.1 Å². The van der Waals surface area contributed by atoms with Gasteiger partial charge in [-0.3, -0.25) is 4.79 Å². The van der Waals surface area contributed by atoms with Crippen LogP contribution in [0.1, 0.15) is 58.7 Å². The highest BCUT2D eigenvalue weighted by Crippen LogP contribution is 2.44. The number of rotatable bonds is 9. The first-order valence-corrected chi connectivity index (χ1v) is 13.8. The van der Waals surface area contributed by atoms with Crippen molar-refractivity contribution in [2.75, 3.05) is 13.2 Å². The molecule has 194 valence electrons. The highest BCUT2D eigenvalue weighted by atomic mass is 35.5. The fourth-order valence-corrected chi connectivity index (χ4v) is 5.90. The van der Waals surface area contributed by atoms with Crippen molar-refractivity contribution in [3.63, 3.8) is 0 Å². The molecule has 7 heteroatoms. The van der Waals surface area contributed by atoms with Gasteiger partial charge in [-0.2, -0.15) is 0 Å². The molecule has 1 fully saturated rings. The molecular weight excluding hydrogens is 492 g/mol. The highest BCUT2D eigenvalue weighted by molar-refractivity contribution is 8.00. The molecule has 0 bridgehead atoms. The van der Waals surface area contributed by atoms with E-state index in [0.717, 1.165) is 45.8 Å². The second kappa shape index (κ2) is 10.7. The highest BCUT2D eigenvalue weighted by Gasteiger charge is 2.33. The zero-order chi connectivity index (χ0) is 26.1. The lowest BCUT2D eigenvalue weighted by Gasteiger charge is -2.24. The van der Waals surface area contributed by atoms with Gasteiger partial charge >= 0.3 is 5.97 Å². The summed E-state index contributed by atoms with van der Waals surface area (Å²) in [5, 5.41) is 15.3. The van der Waals surface area contributed by atoms with Crippen molar-refractivity contribution >= 4 is 40.2 Å². The zero-order valence-electron chi connectivity index (χ0n) is 21.9. The molecule has 2 N–H and O–H groups in total. The second-order valence-electron chi connectivity index (χ2n) is 11.4. The number of hydrogen-bond acceptors (Lipinski definition) is 4. The van der Waals surface area contributed by atoms with Crippen molar-refractivity contribution in [3.8, 4) is 5.75 Å². The molecule has 0 aliphatic carbocycles. The Morgan fingerprint density at radius 1 is 1.17 bits per heavy atom. The van der Waals surface area contributed by atoms with Crippen molar-refractivity contribution in [3.05, 3.63) is 58.7 Å². The van der Waals surface area contributed by atoms with Crippen LogP contribution < -0.4 is 10.1 Å². The van der Waals surface area contributed by atoms with Crippen LogP contribution in [0.25, 0.3) is 10.9 Å². The lowest BCUT2D eigenvalue weighted by molar-refractivity contribution is -0.146. The Bertz CT molecular complexity index is 1220. The smallest absolute Gasteiger partial charge is 0.309 e. The van der Waals surface area contributed by atoms with Crippen LogP contribution in [0.4, 0.5) is 0 Å². The van der Waals surface area contributed by atoms with Gasteiger partial charge in [0.1, 0.15) is 12.4 Å². The molecule has 1 saturated heterocycles. The molecule has 1 aliphatic heterocycles. The van der Waals surface area contributed by atoms with Crippen molar-refractivity contribution in [2.45, 2.75) is 76.1 Å². The van der Waals surface area contributed by atoms with Gasteiger partial charge in [0.15, 0.2) is 0 Å². The topological polar surface area (TPSA) is 63.5 Å². The maximum atomic E-state index is 12.2. The van der Waals surface area contributed by atoms with Crippen LogP contribution in [-0.4, -0.2) is 39.6 Å². The number of halogens is 1. The van der Waals surface area contributed by atoms with Gasteiger partial charge in [0, 0.05) is 50.3 Å². The van der Waals surface area contributed by atoms with Crippen LogP contribution in [0.15, 0.2) is 47.4 Å². The molecule has 0 amide bonds. The predicted octanol–water partition coefficient (Wildman–Crippen LogP) is 7.02. The molecule has 4 rings (SSSR count). The SMILES string of the molecule is CC(C)(C)Sc1c(CC(C)(C)C(=O)O)n(Cc2ccc(Cl)cc2)c2ccc(OC[C@@H]3CCCN3)cc12. The van der Waals surface area contributed by atoms with Gasteiger partial charge in [0.05, 0.1) is 5.41 Å². The number of carbonyl (C=O) groups is 1. The zero-order valence-corrected chi connectivity index (χ0v) is 23.4. The van der Waals surface area contributed by atoms with E-state index in [0.29, 0.717) is 30.6 Å². The van der Waals surface area contributed by atoms with E-state index < -0.39 is 11.4 Å². The van der Waals surface area contributed by atoms with Crippen molar-refractivity contribution in [1.29, 1.82) is 0 Å². The Balaban J connectivity index is 1.83. The average molecular weight is 529 g/mol. The van der Waals surface area contributed by atoms with Gasteiger partial charge in [0.25, 0.3) is 0 Å². The molecule has 0 unspecified atom stereocenters. The number of aliphatic carboxylic acids is 1. The standard InChI is InChI=1S/C29H37ClN2O3S/c1-28(2,3)36-26-23-15-22(35-18-21-7-6-14-31-21)12-13-24(23)32(17-19-8-10-20(30)11-9-19)25(26)16-29(4,5)27(33)34/h8-13,15,21,31H,6-7,14,16-18H2,1-5H3,(H,33,34)/t21-/m0/s1. The lowest BCUT2D eigenvalue weighted by atomic mass is 9.88. The first kappa shape index (κ1) is 26.9. The molecule has 2 heterocycles. The molecule has 1 atom stereocenters. The van der Waals surface area contributed by atoms with E-state index in [9.17, 15) is 9.90 Å². The van der Waals surface area contributed by atoms with E-state index in [-0.39, 0.29) is 4.75 Å². The molecule has 36 heavy (non-hydrogen) atoms. The fraction of sp³-hybridized carbons (Fsp3) is 0.483. The van der Waals surface area contributed by atoms with Gasteiger partial charge in [-0.1, -0.05) is 44.5 Å². The molecule has 0 spiro atoms. The Kier molecular flexibility index (Phi) is 7.98. The molecule has 0 saturated carbocycles.